The lowest BCUT2D eigenvalue weighted by Crippen LogP contribution is -2.15. The van der Waals surface area contributed by atoms with Crippen LogP contribution in [0.2, 0.25) is 5.02 Å². The molecule has 9 nitrogen and oxygen atoms in total. The highest BCUT2D eigenvalue weighted by Gasteiger charge is 2.18. The van der Waals surface area contributed by atoms with Crippen molar-refractivity contribution in [2.75, 3.05) is 11.1 Å². The van der Waals surface area contributed by atoms with Gasteiger partial charge in [-0.05, 0) is 48.0 Å². The number of nitro benzene ring substituents is 1. The number of hydrogen-bond donors (Lipinski definition) is 1. The van der Waals surface area contributed by atoms with Gasteiger partial charge in [0.15, 0.2) is 0 Å². The molecule has 0 radical (unpaired) electrons. The fourth-order valence-corrected chi connectivity index (χ4v) is 3.39. The summed E-state index contributed by atoms with van der Waals surface area (Å²) in [5, 5.41) is 25.9. The number of amides is 1. The monoisotopic (exact) mass is 418 g/mol. The van der Waals surface area contributed by atoms with E-state index in [0.717, 1.165) is 28.6 Å². The Morgan fingerprint density at radius 1 is 1.29 bits per heavy atom. The van der Waals surface area contributed by atoms with Crippen LogP contribution in [0, 0.1) is 24.0 Å². The number of aryl methyl sites for hydroxylation is 2. The number of halogens is 1. The third kappa shape index (κ3) is 4.46. The number of carbonyl (C=O) groups is 1. The Morgan fingerprint density at radius 3 is 2.79 bits per heavy atom. The predicted octanol–water partition coefficient (Wildman–Crippen LogP) is 3.57. The Hall–Kier alpha value is -2.98. The first-order chi connectivity index (χ1) is 13.3. The van der Waals surface area contributed by atoms with Crippen LogP contribution >= 0.6 is 23.4 Å². The Balaban J connectivity index is 1.72. The summed E-state index contributed by atoms with van der Waals surface area (Å²) in [6.45, 7) is 3.94. The lowest BCUT2D eigenvalue weighted by molar-refractivity contribution is -0.383. The van der Waals surface area contributed by atoms with Crippen LogP contribution < -0.4 is 5.32 Å². The van der Waals surface area contributed by atoms with E-state index in [2.05, 4.69) is 20.8 Å². The molecule has 1 aromatic heterocycles. The molecule has 0 fully saturated rings. The molecular formula is C17H15ClN6O3S. The molecule has 1 heterocycles. The van der Waals surface area contributed by atoms with Crippen molar-refractivity contribution in [2.24, 2.45) is 0 Å². The van der Waals surface area contributed by atoms with Crippen molar-refractivity contribution in [1.82, 2.24) is 20.2 Å². The molecule has 144 valence electrons. The minimum atomic E-state index is -0.602. The van der Waals surface area contributed by atoms with Crippen LogP contribution in [0.15, 0.2) is 41.6 Å². The maximum absolute atomic E-state index is 12.3. The number of thioether (sulfide) groups is 1. The van der Waals surface area contributed by atoms with E-state index in [1.165, 1.54) is 18.2 Å². The fourth-order valence-electron chi connectivity index (χ4n) is 2.54. The Kier molecular flexibility index (Phi) is 5.90. The molecule has 0 spiro atoms. The summed E-state index contributed by atoms with van der Waals surface area (Å²) >= 11 is 6.90. The molecule has 3 aromatic rings. The van der Waals surface area contributed by atoms with Crippen LogP contribution in [-0.2, 0) is 4.79 Å². The first kappa shape index (κ1) is 19.8. The third-order valence-corrected chi connectivity index (χ3v) is 4.94. The Morgan fingerprint density at radius 2 is 2.07 bits per heavy atom. The topological polar surface area (TPSA) is 116 Å². The number of anilines is 1. The molecule has 3 rings (SSSR count). The zero-order valence-corrected chi connectivity index (χ0v) is 16.5. The van der Waals surface area contributed by atoms with E-state index in [4.69, 9.17) is 11.6 Å². The van der Waals surface area contributed by atoms with Crippen molar-refractivity contribution in [3.05, 3.63) is 62.7 Å². The van der Waals surface area contributed by atoms with Crippen molar-refractivity contribution in [3.8, 4) is 5.69 Å². The van der Waals surface area contributed by atoms with Gasteiger partial charge in [0.05, 0.1) is 16.4 Å². The average Bonchev–Trinajstić information content (AvgIpc) is 3.09. The molecule has 0 aliphatic heterocycles. The molecule has 28 heavy (non-hydrogen) atoms. The van der Waals surface area contributed by atoms with Crippen LogP contribution in [-0.4, -0.2) is 36.8 Å². The largest absolute Gasteiger partial charge is 0.320 e. The number of rotatable bonds is 6. The molecular weight excluding hydrogens is 404 g/mol. The molecule has 11 heteroatoms. The maximum Gasteiger partial charge on any atom is 0.294 e. The summed E-state index contributed by atoms with van der Waals surface area (Å²) in [5.41, 5.74) is 2.73. The van der Waals surface area contributed by atoms with Gasteiger partial charge in [0.25, 0.3) is 5.69 Å². The van der Waals surface area contributed by atoms with Crippen molar-refractivity contribution in [1.29, 1.82) is 0 Å². The molecule has 1 N–H and O–H groups in total. The van der Waals surface area contributed by atoms with E-state index >= 15 is 0 Å². The van der Waals surface area contributed by atoms with E-state index in [1.54, 1.807) is 4.68 Å². The van der Waals surface area contributed by atoms with Crippen LogP contribution in [0.5, 0.6) is 0 Å². The lowest BCUT2D eigenvalue weighted by Gasteiger charge is -2.09. The van der Waals surface area contributed by atoms with E-state index < -0.39 is 10.8 Å². The number of hydrogen-bond acceptors (Lipinski definition) is 7. The number of nitrogens with one attached hydrogen (secondary N) is 1. The summed E-state index contributed by atoms with van der Waals surface area (Å²) < 4.78 is 1.55. The molecule has 0 aliphatic carbocycles. The van der Waals surface area contributed by atoms with Gasteiger partial charge in [-0.3, -0.25) is 14.9 Å². The van der Waals surface area contributed by atoms with E-state index in [0.29, 0.717) is 5.16 Å². The number of nitro groups is 1. The number of aromatic nitrogens is 4. The molecule has 2 aromatic carbocycles. The van der Waals surface area contributed by atoms with Gasteiger partial charge < -0.3 is 5.32 Å². The van der Waals surface area contributed by atoms with Gasteiger partial charge >= 0.3 is 0 Å². The van der Waals surface area contributed by atoms with Gasteiger partial charge in [0.2, 0.25) is 11.1 Å². The number of tetrazole rings is 1. The number of carbonyl (C=O) groups excluding carboxylic acids is 1. The molecule has 0 saturated heterocycles. The highest BCUT2D eigenvalue weighted by atomic mass is 35.5. The molecule has 0 unspecified atom stereocenters. The van der Waals surface area contributed by atoms with Crippen LogP contribution in [0.4, 0.5) is 11.4 Å². The highest BCUT2D eigenvalue weighted by Crippen LogP contribution is 2.28. The molecule has 0 aliphatic rings. The van der Waals surface area contributed by atoms with Gasteiger partial charge in [0.1, 0.15) is 5.69 Å². The minimum absolute atomic E-state index is 0.0228. The molecule has 0 bridgehead atoms. The lowest BCUT2D eigenvalue weighted by atomic mass is 10.1. The molecule has 1 amide bonds. The Labute approximate surface area is 169 Å². The zero-order chi connectivity index (χ0) is 20.3. The summed E-state index contributed by atoms with van der Waals surface area (Å²) in [7, 11) is 0. The third-order valence-electron chi connectivity index (χ3n) is 3.78. The first-order valence-electron chi connectivity index (χ1n) is 8.08. The van der Waals surface area contributed by atoms with E-state index in [9.17, 15) is 14.9 Å². The van der Waals surface area contributed by atoms with Gasteiger partial charge in [0, 0.05) is 11.1 Å². The second-order valence-electron chi connectivity index (χ2n) is 5.92. The van der Waals surface area contributed by atoms with Crippen molar-refractivity contribution < 1.29 is 9.72 Å². The van der Waals surface area contributed by atoms with Crippen molar-refractivity contribution in [3.63, 3.8) is 0 Å². The van der Waals surface area contributed by atoms with Crippen LogP contribution in [0.25, 0.3) is 5.69 Å². The molecule has 0 saturated carbocycles. The van der Waals surface area contributed by atoms with E-state index in [1.807, 2.05) is 32.0 Å². The minimum Gasteiger partial charge on any atom is -0.320 e. The SMILES string of the molecule is Cc1ccc(-n2nnnc2SCC(=O)Nc2ccc(Cl)cc2[N+](=O)[O-])c(C)c1. The molecule has 0 atom stereocenters. The predicted molar refractivity (Wildman–Crippen MR) is 106 cm³/mol. The quantitative estimate of drug-likeness (QED) is 0.369. The first-order valence-corrected chi connectivity index (χ1v) is 9.44. The standard InChI is InChI=1S/C17H15ClN6O3S/c1-10-3-6-14(11(2)7-10)23-17(20-21-22-23)28-9-16(25)19-13-5-4-12(18)8-15(13)24(26)27/h3-8H,9H2,1-2H3,(H,19,25). The van der Waals surface area contributed by atoms with Gasteiger partial charge in [-0.2, -0.15) is 4.68 Å². The fraction of sp³-hybridized carbons (Fsp3) is 0.176. The normalized spacial score (nSPS) is 10.7. The highest BCUT2D eigenvalue weighted by molar-refractivity contribution is 7.99. The van der Waals surface area contributed by atoms with Gasteiger partial charge in [-0.15, -0.1) is 5.10 Å². The maximum atomic E-state index is 12.3. The van der Waals surface area contributed by atoms with E-state index in [-0.39, 0.29) is 22.2 Å². The number of benzene rings is 2. The summed E-state index contributed by atoms with van der Waals surface area (Å²) in [6.07, 6.45) is 0. The second-order valence-corrected chi connectivity index (χ2v) is 7.30. The second kappa shape index (κ2) is 8.36. The summed E-state index contributed by atoms with van der Waals surface area (Å²) in [6, 6.07) is 9.91. The van der Waals surface area contributed by atoms with Crippen LogP contribution in [0.1, 0.15) is 11.1 Å². The summed E-state index contributed by atoms with van der Waals surface area (Å²) in [4.78, 5) is 22.8. The number of nitrogens with zero attached hydrogens (tertiary/aromatic N) is 5. The zero-order valence-electron chi connectivity index (χ0n) is 14.9. The smallest absolute Gasteiger partial charge is 0.294 e. The van der Waals surface area contributed by atoms with Crippen LogP contribution in [0.3, 0.4) is 0 Å². The van der Waals surface area contributed by atoms with Gasteiger partial charge in [-0.25, -0.2) is 0 Å². The van der Waals surface area contributed by atoms with Crippen molar-refractivity contribution in [2.45, 2.75) is 19.0 Å². The van der Waals surface area contributed by atoms with Gasteiger partial charge in [-0.1, -0.05) is 41.1 Å². The average molecular weight is 419 g/mol. The Bertz CT molecular complexity index is 1060. The summed E-state index contributed by atoms with van der Waals surface area (Å²) in [5.74, 6) is -0.448. The van der Waals surface area contributed by atoms with Crippen molar-refractivity contribution >= 4 is 40.6 Å².